The lowest BCUT2D eigenvalue weighted by molar-refractivity contribution is 0.406. The molecule has 0 aliphatic carbocycles. The Labute approximate surface area is 202 Å². The monoisotopic (exact) mass is 454 g/mol. The fraction of sp³-hybridized carbons (Fsp3) is 0.655. The first-order valence-electron chi connectivity index (χ1n) is 13.3. The van der Waals surface area contributed by atoms with Gasteiger partial charge >= 0.3 is 0 Å². The predicted octanol–water partition coefficient (Wildman–Crippen LogP) is 8.53. The smallest absolute Gasteiger partial charge is 0.146 e. The van der Waals surface area contributed by atoms with Gasteiger partial charge in [-0.25, -0.2) is 9.97 Å². The summed E-state index contributed by atoms with van der Waals surface area (Å²) in [5.41, 5.74) is 3.86. The van der Waals surface area contributed by atoms with Crippen LogP contribution in [-0.4, -0.2) is 24.2 Å². The minimum atomic E-state index is 0.482. The Kier molecular flexibility index (Phi) is 12.9. The van der Waals surface area contributed by atoms with E-state index in [2.05, 4.69) is 39.0 Å². The fourth-order valence-corrected chi connectivity index (χ4v) is 4.44. The van der Waals surface area contributed by atoms with Gasteiger partial charge in [-0.1, -0.05) is 78.6 Å². The fourth-order valence-electron chi connectivity index (χ4n) is 4.44. The van der Waals surface area contributed by atoms with Crippen LogP contribution in [0, 0.1) is 0 Å². The van der Waals surface area contributed by atoms with Crippen molar-refractivity contribution in [2.45, 2.75) is 110 Å². The molecule has 0 bridgehead atoms. The standard InChI is InChI=1S/C29H46N2O2/c1-6-9-12-15-18-24-19-21-26(32-4)28(30-24)29-27(33-5)22-20-25(31-29)23(16-13-10-7-2)17-14-11-8-3/h19-23H,6-18H2,1-5H3. The van der Waals surface area contributed by atoms with Crippen molar-refractivity contribution < 1.29 is 9.47 Å². The van der Waals surface area contributed by atoms with Gasteiger partial charge in [-0.2, -0.15) is 0 Å². The van der Waals surface area contributed by atoms with Crippen LogP contribution in [0.15, 0.2) is 24.3 Å². The summed E-state index contributed by atoms with van der Waals surface area (Å²) in [5, 5.41) is 0. The first-order chi connectivity index (χ1) is 16.2. The van der Waals surface area contributed by atoms with E-state index in [0.29, 0.717) is 5.92 Å². The van der Waals surface area contributed by atoms with Crippen molar-refractivity contribution in [3.63, 3.8) is 0 Å². The van der Waals surface area contributed by atoms with E-state index in [1.165, 1.54) is 70.6 Å². The number of rotatable bonds is 17. The van der Waals surface area contributed by atoms with Crippen molar-refractivity contribution in [3.8, 4) is 22.9 Å². The largest absolute Gasteiger partial charge is 0.494 e. The SMILES string of the molecule is CCCCCCc1ccc(OC)c(-c2nc(C(CCCCC)CCCCC)ccc2OC)n1. The molecule has 0 fully saturated rings. The zero-order valence-electron chi connectivity index (χ0n) is 21.8. The van der Waals surface area contributed by atoms with Crippen LogP contribution in [0.25, 0.3) is 11.4 Å². The quantitative estimate of drug-likeness (QED) is 0.225. The lowest BCUT2D eigenvalue weighted by atomic mass is 9.91. The van der Waals surface area contributed by atoms with Crippen molar-refractivity contribution in [1.82, 2.24) is 9.97 Å². The molecule has 0 saturated carbocycles. The Morgan fingerprint density at radius 1 is 0.636 bits per heavy atom. The van der Waals surface area contributed by atoms with Gasteiger partial charge in [-0.3, -0.25) is 0 Å². The topological polar surface area (TPSA) is 44.2 Å². The van der Waals surface area contributed by atoms with Gasteiger partial charge in [0.25, 0.3) is 0 Å². The van der Waals surface area contributed by atoms with Crippen LogP contribution in [0.2, 0.25) is 0 Å². The summed E-state index contributed by atoms with van der Waals surface area (Å²) in [6, 6.07) is 8.35. The lowest BCUT2D eigenvalue weighted by Gasteiger charge is -2.19. The zero-order chi connectivity index (χ0) is 23.9. The second-order valence-corrected chi connectivity index (χ2v) is 9.14. The molecule has 0 N–H and O–H groups in total. The van der Waals surface area contributed by atoms with Gasteiger partial charge < -0.3 is 9.47 Å². The third-order valence-electron chi connectivity index (χ3n) is 6.48. The number of methoxy groups -OCH3 is 2. The zero-order valence-corrected chi connectivity index (χ0v) is 21.8. The van der Waals surface area contributed by atoms with Crippen LogP contribution in [0.4, 0.5) is 0 Å². The molecule has 0 unspecified atom stereocenters. The number of nitrogens with zero attached hydrogens (tertiary/aromatic N) is 2. The van der Waals surface area contributed by atoms with Gasteiger partial charge in [-0.15, -0.1) is 0 Å². The van der Waals surface area contributed by atoms with E-state index in [-0.39, 0.29) is 0 Å². The third kappa shape index (κ3) is 8.64. The number of pyridine rings is 2. The van der Waals surface area contributed by atoms with Gasteiger partial charge in [0, 0.05) is 17.3 Å². The minimum Gasteiger partial charge on any atom is -0.494 e. The highest BCUT2D eigenvalue weighted by atomic mass is 16.5. The van der Waals surface area contributed by atoms with E-state index in [4.69, 9.17) is 19.4 Å². The first-order valence-corrected chi connectivity index (χ1v) is 13.3. The number of unbranched alkanes of at least 4 members (excludes halogenated alkanes) is 7. The molecule has 33 heavy (non-hydrogen) atoms. The van der Waals surface area contributed by atoms with Crippen LogP contribution >= 0.6 is 0 Å². The van der Waals surface area contributed by atoms with Gasteiger partial charge in [0.1, 0.15) is 22.9 Å². The molecule has 0 saturated heterocycles. The van der Waals surface area contributed by atoms with Crippen molar-refractivity contribution in [1.29, 1.82) is 0 Å². The molecular weight excluding hydrogens is 408 g/mol. The molecular formula is C29H46N2O2. The molecule has 2 rings (SSSR count). The average molecular weight is 455 g/mol. The molecule has 0 aliphatic rings. The summed E-state index contributed by atoms with van der Waals surface area (Å²) >= 11 is 0. The predicted molar refractivity (Wildman–Crippen MR) is 139 cm³/mol. The first kappa shape index (κ1) is 27.1. The molecule has 4 heteroatoms. The summed E-state index contributed by atoms with van der Waals surface area (Å²) in [4.78, 5) is 10.2. The van der Waals surface area contributed by atoms with Gasteiger partial charge in [0.15, 0.2) is 0 Å². The van der Waals surface area contributed by atoms with Gasteiger partial charge in [-0.05, 0) is 49.9 Å². The number of ether oxygens (including phenoxy) is 2. The molecule has 0 radical (unpaired) electrons. The Bertz CT molecular complexity index is 796. The van der Waals surface area contributed by atoms with Crippen LogP contribution < -0.4 is 9.47 Å². The molecule has 0 spiro atoms. The van der Waals surface area contributed by atoms with Crippen LogP contribution in [-0.2, 0) is 6.42 Å². The maximum atomic E-state index is 5.73. The second-order valence-electron chi connectivity index (χ2n) is 9.14. The maximum absolute atomic E-state index is 5.73. The molecule has 0 aliphatic heterocycles. The van der Waals surface area contributed by atoms with E-state index in [9.17, 15) is 0 Å². The lowest BCUT2D eigenvalue weighted by Crippen LogP contribution is -2.06. The Morgan fingerprint density at radius 3 is 1.76 bits per heavy atom. The minimum absolute atomic E-state index is 0.482. The van der Waals surface area contributed by atoms with Crippen LogP contribution in [0.3, 0.4) is 0 Å². The molecule has 2 aromatic rings. The van der Waals surface area contributed by atoms with Crippen LogP contribution in [0.1, 0.15) is 115 Å². The third-order valence-corrected chi connectivity index (χ3v) is 6.48. The molecule has 0 atom stereocenters. The van der Waals surface area contributed by atoms with E-state index in [0.717, 1.165) is 47.1 Å². The number of hydrogen-bond acceptors (Lipinski definition) is 4. The Hall–Kier alpha value is -2.10. The van der Waals surface area contributed by atoms with E-state index in [1.54, 1.807) is 14.2 Å². The summed E-state index contributed by atoms with van der Waals surface area (Å²) < 4.78 is 11.4. The average Bonchev–Trinajstić information content (AvgIpc) is 2.85. The van der Waals surface area contributed by atoms with Crippen molar-refractivity contribution in [3.05, 3.63) is 35.7 Å². The van der Waals surface area contributed by atoms with E-state index < -0.39 is 0 Å². The Balaban J connectivity index is 2.38. The number of hydrogen-bond donors (Lipinski definition) is 0. The van der Waals surface area contributed by atoms with Crippen molar-refractivity contribution in [2.75, 3.05) is 14.2 Å². The highest BCUT2D eigenvalue weighted by Gasteiger charge is 2.20. The van der Waals surface area contributed by atoms with E-state index >= 15 is 0 Å². The van der Waals surface area contributed by atoms with Crippen LogP contribution in [0.5, 0.6) is 11.5 Å². The number of aromatic nitrogens is 2. The Morgan fingerprint density at radius 2 is 1.18 bits per heavy atom. The summed E-state index contributed by atoms with van der Waals surface area (Å²) in [6.45, 7) is 6.78. The summed E-state index contributed by atoms with van der Waals surface area (Å²) in [7, 11) is 3.41. The molecule has 4 nitrogen and oxygen atoms in total. The highest BCUT2D eigenvalue weighted by molar-refractivity contribution is 5.69. The summed E-state index contributed by atoms with van der Waals surface area (Å²) in [6.07, 6.45) is 15.9. The molecule has 2 heterocycles. The summed E-state index contributed by atoms with van der Waals surface area (Å²) in [5.74, 6) is 1.99. The second kappa shape index (κ2) is 15.7. The van der Waals surface area contributed by atoms with Gasteiger partial charge in [0.05, 0.1) is 14.2 Å². The normalized spacial score (nSPS) is 11.2. The van der Waals surface area contributed by atoms with E-state index in [1.807, 2.05) is 6.07 Å². The van der Waals surface area contributed by atoms with Gasteiger partial charge in [0.2, 0.25) is 0 Å². The maximum Gasteiger partial charge on any atom is 0.146 e. The highest BCUT2D eigenvalue weighted by Crippen LogP contribution is 2.36. The molecule has 0 aromatic carbocycles. The molecule has 184 valence electrons. The molecule has 2 aromatic heterocycles. The number of aryl methyl sites for hydroxylation is 1. The molecule has 0 amide bonds. The van der Waals surface area contributed by atoms with Crippen molar-refractivity contribution >= 4 is 0 Å². The van der Waals surface area contributed by atoms with Crippen molar-refractivity contribution in [2.24, 2.45) is 0 Å².